The van der Waals surface area contributed by atoms with E-state index in [-0.39, 0.29) is 17.9 Å². The van der Waals surface area contributed by atoms with Crippen LogP contribution >= 0.6 is 11.3 Å². The van der Waals surface area contributed by atoms with Crippen molar-refractivity contribution in [1.29, 1.82) is 0 Å². The van der Waals surface area contributed by atoms with Crippen molar-refractivity contribution in [2.45, 2.75) is 19.9 Å². The van der Waals surface area contributed by atoms with E-state index in [9.17, 15) is 14.7 Å². The van der Waals surface area contributed by atoms with Gasteiger partial charge in [-0.3, -0.25) is 14.5 Å². The van der Waals surface area contributed by atoms with Crippen LogP contribution in [0.3, 0.4) is 0 Å². The maximum Gasteiger partial charge on any atom is 0.301 e. The number of hydrogen-bond donors (Lipinski definition) is 1. The first kappa shape index (κ1) is 27.0. The van der Waals surface area contributed by atoms with Crippen LogP contribution in [0.1, 0.15) is 31.0 Å². The molecule has 0 saturated carbocycles. The molecule has 2 heterocycles. The highest BCUT2D eigenvalue weighted by Gasteiger charge is 2.48. The molecule has 9 heteroatoms. The summed E-state index contributed by atoms with van der Waals surface area (Å²) in [4.78, 5) is 33.2. The molecular weight excluding hydrogens is 528 g/mol. The second kappa shape index (κ2) is 11.6. The molecule has 1 unspecified atom stereocenters. The summed E-state index contributed by atoms with van der Waals surface area (Å²) in [5.74, 6) is -0.0156. The molecular formula is C31H28N2O6S. The Morgan fingerprint density at radius 3 is 2.40 bits per heavy atom. The van der Waals surface area contributed by atoms with E-state index in [0.29, 0.717) is 52.2 Å². The molecule has 1 aliphatic rings. The molecule has 0 radical (unpaired) electrons. The highest BCUT2D eigenvalue weighted by atomic mass is 32.1. The van der Waals surface area contributed by atoms with E-state index >= 15 is 0 Å². The minimum absolute atomic E-state index is 0.0377. The van der Waals surface area contributed by atoms with Gasteiger partial charge in [0.05, 0.1) is 35.0 Å². The topological polar surface area (TPSA) is 98.2 Å². The highest BCUT2D eigenvalue weighted by Crippen LogP contribution is 2.45. The summed E-state index contributed by atoms with van der Waals surface area (Å²) in [5.41, 5.74) is 1.60. The van der Waals surface area contributed by atoms with Crippen LogP contribution < -0.4 is 19.1 Å². The molecule has 1 fully saturated rings. The van der Waals surface area contributed by atoms with Gasteiger partial charge in [-0.25, -0.2) is 4.98 Å². The second-order valence-electron chi connectivity index (χ2n) is 8.86. The first-order valence-corrected chi connectivity index (χ1v) is 13.7. The van der Waals surface area contributed by atoms with E-state index < -0.39 is 17.7 Å². The number of benzene rings is 3. The molecule has 204 valence electrons. The Morgan fingerprint density at radius 1 is 0.975 bits per heavy atom. The third kappa shape index (κ3) is 5.15. The van der Waals surface area contributed by atoms with Crippen LogP contribution in [0.5, 0.6) is 17.2 Å². The first-order valence-electron chi connectivity index (χ1n) is 12.9. The van der Waals surface area contributed by atoms with Crippen molar-refractivity contribution >= 4 is 44.1 Å². The number of aliphatic hydroxyl groups excluding tert-OH is 1. The molecule has 3 aromatic carbocycles. The van der Waals surface area contributed by atoms with Crippen LogP contribution in [0.25, 0.3) is 16.0 Å². The van der Waals surface area contributed by atoms with Crippen molar-refractivity contribution in [2.75, 3.05) is 24.7 Å². The lowest BCUT2D eigenvalue weighted by molar-refractivity contribution is -0.132. The van der Waals surface area contributed by atoms with E-state index in [0.717, 1.165) is 4.70 Å². The van der Waals surface area contributed by atoms with Crippen LogP contribution in [0, 0.1) is 0 Å². The fourth-order valence-electron chi connectivity index (χ4n) is 4.56. The maximum absolute atomic E-state index is 13.6. The van der Waals surface area contributed by atoms with Gasteiger partial charge in [0.15, 0.2) is 5.13 Å². The number of nitrogens with zero attached hydrogens (tertiary/aromatic N) is 2. The summed E-state index contributed by atoms with van der Waals surface area (Å²) in [6, 6.07) is 18.4. The summed E-state index contributed by atoms with van der Waals surface area (Å²) in [6.45, 7) is 8.76. The molecule has 40 heavy (non-hydrogen) atoms. The van der Waals surface area contributed by atoms with Crippen molar-refractivity contribution in [3.05, 3.63) is 96.1 Å². The molecule has 1 aliphatic heterocycles. The lowest BCUT2D eigenvalue weighted by Crippen LogP contribution is -2.29. The summed E-state index contributed by atoms with van der Waals surface area (Å²) in [5, 5.41) is 11.8. The van der Waals surface area contributed by atoms with Crippen LogP contribution in [0.15, 0.2) is 85.0 Å². The highest BCUT2D eigenvalue weighted by molar-refractivity contribution is 7.22. The molecule has 4 aromatic rings. The van der Waals surface area contributed by atoms with Gasteiger partial charge in [0.2, 0.25) is 0 Å². The number of ether oxygens (including phenoxy) is 3. The van der Waals surface area contributed by atoms with Gasteiger partial charge >= 0.3 is 5.91 Å². The molecule has 1 saturated heterocycles. The number of thiazole rings is 1. The molecule has 1 amide bonds. The van der Waals surface area contributed by atoms with Crippen molar-refractivity contribution in [1.82, 2.24) is 4.98 Å². The van der Waals surface area contributed by atoms with Crippen LogP contribution in [-0.4, -0.2) is 41.6 Å². The average Bonchev–Trinajstić information content (AvgIpc) is 3.50. The zero-order valence-corrected chi connectivity index (χ0v) is 22.9. The third-order valence-corrected chi connectivity index (χ3v) is 7.31. The molecule has 1 atom stereocenters. The molecule has 0 aliphatic carbocycles. The van der Waals surface area contributed by atoms with E-state index in [1.807, 2.05) is 32.0 Å². The fraction of sp³-hybridized carbons (Fsp3) is 0.194. The van der Waals surface area contributed by atoms with Crippen molar-refractivity contribution in [2.24, 2.45) is 0 Å². The third-order valence-electron chi connectivity index (χ3n) is 6.29. The monoisotopic (exact) mass is 556 g/mol. The number of anilines is 1. The van der Waals surface area contributed by atoms with E-state index in [2.05, 4.69) is 11.6 Å². The van der Waals surface area contributed by atoms with Gasteiger partial charge in [-0.05, 0) is 74.0 Å². The minimum Gasteiger partial charge on any atom is -0.507 e. The standard InChI is InChI=1S/C31H28N2O6S/c1-4-16-39-22-9-7-8-20(17-22)27-26(28(34)19-10-12-21(13-11-19)37-5-2)29(35)30(36)33(27)31-32-24-15-14-23(38-6-3)18-25(24)40-31/h4,7-15,17-18,27,34H,1,5-6,16H2,2-3H3. The van der Waals surface area contributed by atoms with Crippen molar-refractivity contribution in [3.63, 3.8) is 0 Å². The van der Waals surface area contributed by atoms with Crippen molar-refractivity contribution in [3.8, 4) is 17.2 Å². The number of hydrogen-bond acceptors (Lipinski definition) is 8. The average molecular weight is 557 g/mol. The number of carbonyl (C=O) groups is 2. The lowest BCUT2D eigenvalue weighted by atomic mass is 9.95. The smallest absolute Gasteiger partial charge is 0.301 e. The number of fused-ring (bicyclic) bond motifs is 1. The Bertz CT molecular complexity index is 1610. The zero-order chi connectivity index (χ0) is 28.2. The van der Waals surface area contributed by atoms with Gasteiger partial charge in [-0.1, -0.05) is 36.1 Å². The van der Waals surface area contributed by atoms with Crippen LogP contribution in [0.4, 0.5) is 5.13 Å². The van der Waals surface area contributed by atoms with E-state index in [1.165, 1.54) is 16.2 Å². The van der Waals surface area contributed by atoms with Gasteiger partial charge in [0.25, 0.3) is 5.78 Å². The predicted octanol–water partition coefficient (Wildman–Crippen LogP) is 6.28. The molecule has 8 nitrogen and oxygen atoms in total. The van der Waals surface area contributed by atoms with Gasteiger partial charge in [-0.15, -0.1) is 0 Å². The Kier molecular flexibility index (Phi) is 7.84. The predicted molar refractivity (Wildman–Crippen MR) is 155 cm³/mol. The number of aromatic nitrogens is 1. The second-order valence-corrected chi connectivity index (χ2v) is 9.87. The van der Waals surface area contributed by atoms with Gasteiger partial charge < -0.3 is 19.3 Å². The largest absolute Gasteiger partial charge is 0.507 e. The molecule has 5 rings (SSSR count). The summed E-state index contributed by atoms with van der Waals surface area (Å²) in [7, 11) is 0. The van der Waals surface area contributed by atoms with Gasteiger partial charge in [0.1, 0.15) is 29.6 Å². The first-order chi connectivity index (χ1) is 19.4. The number of ketones is 1. The Morgan fingerprint density at radius 2 is 1.68 bits per heavy atom. The molecule has 1 N–H and O–H groups in total. The number of rotatable bonds is 10. The Hall–Kier alpha value is -4.63. The Labute approximate surface area is 235 Å². The van der Waals surface area contributed by atoms with E-state index in [1.54, 1.807) is 54.6 Å². The number of amides is 1. The zero-order valence-electron chi connectivity index (χ0n) is 22.1. The number of carbonyl (C=O) groups excluding carboxylic acids is 2. The van der Waals surface area contributed by atoms with Gasteiger partial charge in [0, 0.05) is 5.56 Å². The van der Waals surface area contributed by atoms with Gasteiger partial charge in [-0.2, -0.15) is 0 Å². The lowest BCUT2D eigenvalue weighted by Gasteiger charge is -2.23. The maximum atomic E-state index is 13.6. The van der Waals surface area contributed by atoms with Crippen LogP contribution in [-0.2, 0) is 9.59 Å². The van der Waals surface area contributed by atoms with Crippen LogP contribution in [0.2, 0.25) is 0 Å². The number of aliphatic hydroxyl groups is 1. The SMILES string of the molecule is C=CCOc1cccc(C2C(=C(O)c3ccc(OCC)cc3)C(=O)C(=O)N2c2nc3ccc(OCC)cc3s2)c1. The molecule has 1 aromatic heterocycles. The fourth-order valence-corrected chi connectivity index (χ4v) is 5.58. The molecule has 0 spiro atoms. The molecule has 0 bridgehead atoms. The van der Waals surface area contributed by atoms with E-state index in [4.69, 9.17) is 14.2 Å². The normalized spacial score (nSPS) is 16.4. The minimum atomic E-state index is -0.939. The summed E-state index contributed by atoms with van der Waals surface area (Å²) < 4.78 is 17.6. The Balaban J connectivity index is 1.66. The quantitative estimate of drug-likeness (QED) is 0.106. The summed E-state index contributed by atoms with van der Waals surface area (Å²) in [6.07, 6.45) is 1.63. The summed E-state index contributed by atoms with van der Waals surface area (Å²) >= 11 is 1.27. The number of Topliss-reactive ketones (excluding diaryl/α,β-unsaturated/α-hetero) is 1. The van der Waals surface area contributed by atoms with Crippen molar-refractivity contribution < 1.29 is 28.9 Å².